The molecular weight excluding hydrogens is 422 g/mol. The fraction of sp³-hybridized carbons (Fsp3) is 0.222. The van der Waals surface area contributed by atoms with Crippen LogP contribution >= 0.6 is 11.8 Å². The fourth-order valence-electron chi connectivity index (χ4n) is 2.86. The van der Waals surface area contributed by atoms with Crippen LogP contribution in [0.4, 0.5) is 8.78 Å². The van der Waals surface area contributed by atoms with E-state index in [0.29, 0.717) is 22.1 Å². The number of imidazole rings is 1. The first kappa shape index (κ1) is 19.8. The monoisotopic (exact) mass is 438 g/mol. The number of alkyl halides is 2. The lowest BCUT2D eigenvalue weighted by Gasteiger charge is -2.10. The molecule has 11 heteroatoms. The highest BCUT2D eigenvalue weighted by molar-refractivity contribution is 7.98. The van der Waals surface area contributed by atoms with Crippen LogP contribution in [0.15, 0.2) is 57.0 Å². The van der Waals surface area contributed by atoms with Gasteiger partial charge < -0.3 is 4.42 Å². The Balaban J connectivity index is 1.62. The topological polar surface area (TPSA) is 81.2 Å². The SMILES string of the molecule is CN(C)S(=O)(=O)c1ccc2oc(SCc3nc4ccccc4n3C(F)F)nc2c1. The molecule has 0 aliphatic rings. The van der Waals surface area contributed by atoms with Crippen LogP contribution in [0.2, 0.25) is 0 Å². The predicted molar refractivity (Wildman–Crippen MR) is 105 cm³/mol. The Kier molecular flexibility index (Phi) is 5.05. The van der Waals surface area contributed by atoms with E-state index in [2.05, 4.69) is 9.97 Å². The molecule has 4 rings (SSSR count). The molecule has 29 heavy (non-hydrogen) atoms. The number of aromatic nitrogens is 3. The molecule has 4 aromatic rings. The van der Waals surface area contributed by atoms with Crippen molar-refractivity contribution in [1.82, 2.24) is 18.8 Å². The highest BCUT2D eigenvalue weighted by Gasteiger charge is 2.20. The first-order valence-electron chi connectivity index (χ1n) is 8.47. The molecular formula is C18H16F2N4O3S2. The number of para-hydroxylation sites is 2. The Morgan fingerprint density at radius 3 is 2.62 bits per heavy atom. The van der Waals surface area contributed by atoms with Crippen LogP contribution in [0.25, 0.3) is 22.1 Å². The summed E-state index contributed by atoms with van der Waals surface area (Å²) in [6, 6.07) is 11.1. The third-order valence-corrected chi connectivity index (χ3v) is 6.94. The molecule has 0 saturated carbocycles. The lowest BCUT2D eigenvalue weighted by Crippen LogP contribution is -2.22. The largest absolute Gasteiger partial charge is 0.431 e. The molecule has 2 aromatic carbocycles. The average molecular weight is 438 g/mol. The minimum Gasteiger partial charge on any atom is -0.431 e. The van der Waals surface area contributed by atoms with Gasteiger partial charge in [0.15, 0.2) is 5.58 Å². The first-order chi connectivity index (χ1) is 13.8. The Bertz CT molecular complexity index is 1300. The molecule has 0 saturated heterocycles. The van der Waals surface area contributed by atoms with Gasteiger partial charge in [0.1, 0.15) is 11.3 Å². The van der Waals surface area contributed by atoms with Gasteiger partial charge in [0.05, 0.1) is 21.7 Å². The molecule has 0 unspecified atom stereocenters. The van der Waals surface area contributed by atoms with E-state index in [1.54, 1.807) is 24.3 Å². The van der Waals surface area contributed by atoms with Crippen molar-refractivity contribution in [2.45, 2.75) is 22.4 Å². The fourth-order valence-corrected chi connectivity index (χ4v) is 4.55. The van der Waals surface area contributed by atoms with E-state index in [1.807, 2.05) is 0 Å². The van der Waals surface area contributed by atoms with Gasteiger partial charge in [-0.25, -0.2) is 22.7 Å². The summed E-state index contributed by atoms with van der Waals surface area (Å²) >= 11 is 1.11. The highest BCUT2D eigenvalue weighted by atomic mass is 32.2. The van der Waals surface area contributed by atoms with Crippen molar-refractivity contribution < 1.29 is 21.6 Å². The summed E-state index contributed by atoms with van der Waals surface area (Å²) in [5.41, 5.74) is 1.62. The molecule has 7 nitrogen and oxygen atoms in total. The minimum atomic E-state index is -3.60. The Labute approximate surface area is 169 Å². The molecule has 152 valence electrons. The van der Waals surface area contributed by atoms with Crippen molar-refractivity contribution in [3.63, 3.8) is 0 Å². The summed E-state index contributed by atoms with van der Waals surface area (Å²) in [4.78, 5) is 8.65. The molecule has 0 N–H and O–H groups in total. The summed E-state index contributed by atoms with van der Waals surface area (Å²) in [6.45, 7) is -2.72. The number of hydrogen-bond donors (Lipinski definition) is 0. The maximum absolute atomic E-state index is 13.5. The highest BCUT2D eigenvalue weighted by Crippen LogP contribution is 2.30. The van der Waals surface area contributed by atoms with E-state index in [0.717, 1.165) is 20.6 Å². The molecule has 0 atom stereocenters. The van der Waals surface area contributed by atoms with Crippen molar-refractivity contribution in [3.8, 4) is 0 Å². The van der Waals surface area contributed by atoms with Crippen LogP contribution in [0.5, 0.6) is 0 Å². The van der Waals surface area contributed by atoms with Gasteiger partial charge in [-0.2, -0.15) is 8.78 Å². The van der Waals surface area contributed by atoms with Gasteiger partial charge in [-0.05, 0) is 30.3 Å². The third kappa shape index (κ3) is 3.61. The predicted octanol–water partition coefficient (Wildman–Crippen LogP) is 4.12. The normalized spacial score (nSPS) is 12.6. The molecule has 0 aliphatic carbocycles. The number of benzene rings is 2. The molecule has 0 fully saturated rings. The second kappa shape index (κ2) is 7.39. The Morgan fingerprint density at radius 1 is 1.14 bits per heavy atom. The number of sulfonamides is 1. The number of thioether (sulfide) groups is 1. The van der Waals surface area contributed by atoms with Crippen molar-refractivity contribution in [1.29, 1.82) is 0 Å². The van der Waals surface area contributed by atoms with E-state index in [9.17, 15) is 17.2 Å². The third-order valence-electron chi connectivity index (χ3n) is 4.31. The van der Waals surface area contributed by atoms with Gasteiger partial charge in [-0.15, -0.1) is 0 Å². The quantitative estimate of drug-likeness (QED) is 0.422. The molecule has 0 spiro atoms. The van der Waals surface area contributed by atoms with Gasteiger partial charge in [0, 0.05) is 14.1 Å². The van der Waals surface area contributed by atoms with E-state index in [-0.39, 0.29) is 21.7 Å². The molecule has 0 radical (unpaired) electrons. The van der Waals surface area contributed by atoms with Gasteiger partial charge in [0.25, 0.3) is 5.22 Å². The van der Waals surface area contributed by atoms with Crippen LogP contribution in [-0.2, 0) is 15.8 Å². The van der Waals surface area contributed by atoms with E-state index in [4.69, 9.17) is 4.42 Å². The van der Waals surface area contributed by atoms with Crippen molar-refractivity contribution in [2.24, 2.45) is 0 Å². The summed E-state index contributed by atoms with van der Waals surface area (Å²) < 4.78 is 59.2. The molecule has 0 amide bonds. The number of halogens is 2. The molecule has 0 bridgehead atoms. The van der Waals surface area contributed by atoms with Gasteiger partial charge in [0.2, 0.25) is 10.0 Å². The minimum absolute atomic E-state index is 0.0966. The summed E-state index contributed by atoms with van der Waals surface area (Å²) in [7, 11) is -0.710. The van der Waals surface area contributed by atoms with Crippen LogP contribution in [0, 0.1) is 0 Å². The maximum Gasteiger partial charge on any atom is 0.320 e. The number of fused-ring (bicyclic) bond motifs is 2. The van der Waals surface area contributed by atoms with Crippen LogP contribution < -0.4 is 0 Å². The number of hydrogen-bond acceptors (Lipinski definition) is 6. The van der Waals surface area contributed by atoms with Crippen molar-refractivity contribution in [3.05, 3.63) is 48.3 Å². The van der Waals surface area contributed by atoms with E-state index >= 15 is 0 Å². The maximum atomic E-state index is 13.5. The van der Waals surface area contributed by atoms with Crippen LogP contribution in [-0.4, -0.2) is 41.4 Å². The second-order valence-electron chi connectivity index (χ2n) is 6.35. The number of oxazole rings is 1. The molecule has 0 aliphatic heterocycles. The van der Waals surface area contributed by atoms with Gasteiger partial charge in [-0.1, -0.05) is 23.9 Å². The van der Waals surface area contributed by atoms with Gasteiger partial charge in [-0.3, -0.25) is 4.57 Å². The van der Waals surface area contributed by atoms with Gasteiger partial charge >= 0.3 is 6.55 Å². The van der Waals surface area contributed by atoms with Crippen molar-refractivity contribution in [2.75, 3.05) is 14.1 Å². The van der Waals surface area contributed by atoms with E-state index in [1.165, 1.54) is 32.3 Å². The van der Waals surface area contributed by atoms with E-state index < -0.39 is 16.6 Å². The molecule has 2 heterocycles. The second-order valence-corrected chi connectivity index (χ2v) is 9.43. The zero-order valence-electron chi connectivity index (χ0n) is 15.4. The summed E-state index contributed by atoms with van der Waals surface area (Å²) in [5, 5.41) is 0.243. The summed E-state index contributed by atoms with van der Waals surface area (Å²) in [6.07, 6.45) is 0. The lowest BCUT2D eigenvalue weighted by atomic mass is 10.3. The smallest absolute Gasteiger partial charge is 0.320 e. The average Bonchev–Trinajstić information content (AvgIpc) is 3.25. The Hall–Kier alpha value is -2.50. The zero-order valence-corrected chi connectivity index (χ0v) is 17.0. The van der Waals surface area contributed by atoms with Crippen LogP contribution in [0.1, 0.15) is 12.4 Å². The first-order valence-corrected chi connectivity index (χ1v) is 10.9. The van der Waals surface area contributed by atoms with Crippen molar-refractivity contribution >= 4 is 43.9 Å². The molecule has 2 aromatic heterocycles. The zero-order chi connectivity index (χ0) is 20.8. The number of rotatable bonds is 6. The number of nitrogens with zero attached hydrogens (tertiary/aromatic N) is 4. The lowest BCUT2D eigenvalue weighted by molar-refractivity contribution is 0.0722. The summed E-state index contributed by atoms with van der Waals surface area (Å²) in [5.74, 6) is 0.318. The standard InChI is InChI=1S/C18H16F2N4O3S2/c1-23(2)29(25,26)11-7-8-15-13(9-11)22-18(27-15)28-10-16-21-12-5-3-4-6-14(12)24(16)17(19)20/h3-9,17H,10H2,1-2H3. The Morgan fingerprint density at radius 2 is 1.90 bits per heavy atom. The van der Waals surface area contributed by atoms with Crippen LogP contribution in [0.3, 0.4) is 0 Å².